The highest BCUT2D eigenvalue weighted by molar-refractivity contribution is 7.17. The van der Waals surface area contributed by atoms with E-state index in [0.29, 0.717) is 21.1 Å². The summed E-state index contributed by atoms with van der Waals surface area (Å²) in [5.41, 5.74) is 1.43. The van der Waals surface area contributed by atoms with Gasteiger partial charge in [-0.3, -0.25) is 0 Å². The lowest BCUT2D eigenvalue weighted by molar-refractivity contribution is 0.0604. The van der Waals surface area contributed by atoms with Crippen LogP contribution < -0.4 is 0 Å². The SMILES string of the molecule is COC(=O)c1sc(-c2cccc(C(=O)O)c2)nc1C. The van der Waals surface area contributed by atoms with Gasteiger partial charge in [-0.25, -0.2) is 14.6 Å². The van der Waals surface area contributed by atoms with E-state index >= 15 is 0 Å². The van der Waals surface area contributed by atoms with Crippen LogP contribution in [0.4, 0.5) is 0 Å². The van der Waals surface area contributed by atoms with Crippen molar-refractivity contribution >= 4 is 23.3 Å². The fraction of sp³-hybridized carbons (Fsp3) is 0.154. The summed E-state index contributed by atoms with van der Waals surface area (Å²) >= 11 is 1.19. The second kappa shape index (κ2) is 5.19. The van der Waals surface area contributed by atoms with Crippen molar-refractivity contribution in [2.75, 3.05) is 7.11 Å². The molecule has 0 radical (unpaired) electrons. The van der Waals surface area contributed by atoms with Crippen LogP contribution in [-0.2, 0) is 4.74 Å². The van der Waals surface area contributed by atoms with E-state index in [4.69, 9.17) is 5.11 Å². The number of aromatic nitrogens is 1. The molecule has 0 unspecified atom stereocenters. The van der Waals surface area contributed by atoms with Crippen LogP contribution in [0, 0.1) is 6.92 Å². The van der Waals surface area contributed by atoms with E-state index in [1.54, 1.807) is 19.1 Å². The second-order valence-corrected chi connectivity index (χ2v) is 4.81. The van der Waals surface area contributed by atoms with Crippen molar-refractivity contribution in [2.45, 2.75) is 6.92 Å². The van der Waals surface area contributed by atoms with E-state index in [2.05, 4.69) is 9.72 Å². The van der Waals surface area contributed by atoms with Gasteiger partial charge in [0.2, 0.25) is 0 Å². The van der Waals surface area contributed by atoms with Crippen LogP contribution in [0.25, 0.3) is 10.6 Å². The zero-order valence-corrected chi connectivity index (χ0v) is 11.2. The van der Waals surface area contributed by atoms with Crippen molar-refractivity contribution in [3.63, 3.8) is 0 Å². The van der Waals surface area contributed by atoms with Gasteiger partial charge in [0, 0.05) is 5.56 Å². The Labute approximate surface area is 113 Å². The van der Waals surface area contributed by atoms with Gasteiger partial charge in [-0.1, -0.05) is 12.1 Å². The molecular formula is C13H11NO4S. The molecule has 5 nitrogen and oxygen atoms in total. The van der Waals surface area contributed by atoms with Gasteiger partial charge in [-0.15, -0.1) is 11.3 Å². The molecule has 98 valence electrons. The van der Waals surface area contributed by atoms with Crippen LogP contribution in [0.1, 0.15) is 25.7 Å². The molecule has 0 atom stereocenters. The number of aryl methyl sites for hydroxylation is 1. The van der Waals surface area contributed by atoms with E-state index in [9.17, 15) is 9.59 Å². The number of carbonyl (C=O) groups excluding carboxylic acids is 1. The summed E-state index contributed by atoms with van der Waals surface area (Å²) in [5.74, 6) is -1.43. The first kappa shape index (κ1) is 13.2. The van der Waals surface area contributed by atoms with Crippen molar-refractivity contribution < 1.29 is 19.4 Å². The summed E-state index contributed by atoms with van der Waals surface area (Å²) in [6.07, 6.45) is 0. The molecule has 0 aliphatic heterocycles. The Hall–Kier alpha value is -2.21. The molecule has 1 aromatic heterocycles. The van der Waals surface area contributed by atoms with E-state index in [-0.39, 0.29) is 5.56 Å². The number of methoxy groups -OCH3 is 1. The molecule has 2 aromatic rings. The largest absolute Gasteiger partial charge is 0.478 e. The summed E-state index contributed by atoms with van der Waals surface area (Å²) in [6, 6.07) is 6.44. The van der Waals surface area contributed by atoms with Gasteiger partial charge < -0.3 is 9.84 Å². The smallest absolute Gasteiger partial charge is 0.349 e. The summed E-state index contributed by atoms with van der Waals surface area (Å²) in [6.45, 7) is 1.72. The van der Waals surface area contributed by atoms with Crippen LogP contribution in [0.5, 0.6) is 0 Å². The number of rotatable bonds is 3. The Kier molecular flexibility index (Phi) is 3.62. The van der Waals surface area contributed by atoms with E-state index in [0.717, 1.165) is 0 Å². The highest BCUT2D eigenvalue weighted by Gasteiger charge is 2.17. The Bertz CT molecular complexity index is 648. The minimum absolute atomic E-state index is 0.185. The van der Waals surface area contributed by atoms with E-state index in [1.807, 2.05) is 0 Å². The minimum Gasteiger partial charge on any atom is -0.478 e. The Morgan fingerprint density at radius 2 is 2.11 bits per heavy atom. The summed E-state index contributed by atoms with van der Waals surface area (Å²) in [4.78, 5) is 27.1. The first-order valence-corrected chi connectivity index (χ1v) is 6.24. The number of aromatic carboxylic acids is 1. The first-order valence-electron chi connectivity index (χ1n) is 5.42. The molecule has 0 aliphatic carbocycles. The third kappa shape index (κ3) is 2.63. The minimum atomic E-state index is -0.997. The van der Waals surface area contributed by atoms with Crippen molar-refractivity contribution in [3.05, 3.63) is 40.4 Å². The zero-order chi connectivity index (χ0) is 14.0. The van der Waals surface area contributed by atoms with Crippen LogP contribution in [0.15, 0.2) is 24.3 Å². The number of esters is 1. The van der Waals surface area contributed by atoms with E-state index < -0.39 is 11.9 Å². The molecule has 0 bridgehead atoms. The van der Waals surface area contributed by atoms with Crippen LogP contribution in [0.3, 0.4) is 0 Å². The molecule has 0 amide bonds. The maximum absolute atomic E-state index is 11.5. The normalized spacial score (nSPS) is 10.2. The van der Waals surface area contributed by atoms with Gasteiger partial charge in [0.25, 0.3) is 0 Å². The summed E-state index contributed by atoms with van der Waals surface area (Å²) < 4.78 is 4.67. The predicted octanol–water partition coefficient (Wildman–Crippen LogP) is 2.60. The number of carboxylic acids is 1. The van der Waals surface area contributed by atoms with Crippen molar-refractivity contribution in [1.82, 2.24) is 4.98 Å². The maximum atomic E-state index is 11.5. The monoisotopic (exact) mass is 277 g/mol. The lowest BCUT2D eigenvalue weighted by Crippen LogP contribution is -1.99. The molecule has 1 N–H and O–H groups in total. The average molecular weight is 277 g/mol. The molecule has 0 fully saturated rings. The average Bonchev–Trinajstić information content (AvgIpc) is 2.80. The van der Waals surface area contributed by atoms with Crippen molar-refractivity contribution in [3.8, 4) is 10.6 Å². The standard InChI is InChI=1S/C13H11NO4S/c1-7-10(13(17)18-2)19-11(14-7)8-4-3-5-9(6-8)12(15)16/h3-6H,1-2H3,(H,15,16). The summed E-state index contributed by atoms with van der Waals surface area (Å²) in [7, 11) is 1.31. The molecule has 19 heavy (non-hydrogen) atoms. The topological polar surface area (TPSA) is 76.5 Å². The number of carboxylic acid groups (broad SMARTS) is 1. The molecule has 6 heteroatoms. The van der Waals surface area contributed by atoms with E-state index in [1.165, 1.54) is 30.6 Å². The number of nitrogens with zero attached hydrogens (tertiary/aromatic N) is 1. The Balaban J connectivity index is 2.45. The number of ether oxygens (including phenoxy) is 1. The molecule has 1 heterocycles. The van der Waals surface area contributed by atoms with Crippen LogP contribution >= 0.6 is 11.3 Å². The highest BCUT2D eigenvalue weighted by Crippen LogP contribution is 2.28. The van der Waals surface area contributed by atoms with Gasteiger partial charge in [0.1, 0.15) is 9.88 Å². The molecule has 0 spiro atoms. The molecule has 0 aliphatic rings. The predicted molar refractivity (Wildman–Crippen MR) is 70.6 cm³/mol. The first-order chi connectivity index (χ1) is 9.02. The molecule has 1 aromatic carbocycles. The highest BCUT2D eigenvalue weighted by atomic mass is 32.1. The number of thiazole rings is 1. The lowest BCUT2D eigenvalue weighted by atomic mass is 10.1. The third-order valence-electron chi connectivity index (χ3n) is 2.52. The Morgan fingerprint density at radius 1 is 1.37 bits per heavy atom. The van der Waals surface area contributed by atoms with Crippen molar-refractivity contribution in [1.29, 1.82) is 0 Å². The second-order valence-electron chi connectivity index (χ2n) is 3.81. The third-order valence-corrected chi connectivity index (χ3v) is 3.71. The number of benzene rings is 1. The number of hydrogen-bond donors (Lipinski definition) is 1. The maximum Gasteiger partial charge on any atom is 0.349 e. The number of carbonyl (C=O) groups is 2. The Morgan fingerprint density at radius 3 is 2.74 bits per heavy atom. The van der Waals surface area contributed by atoms with Gasteiger partial charge >= 0.3 is 11.9 Å². The molecular weight excluding hydrogens is 266 g/mol. The van der Waals surface area contributed by atoms with Gasteiger partial charge in [0.15, 0.2) is 0 Å². The van der Waals surface area contributed by atoms with Gasteiger partial charge in [-0.05, 0) is 19.1 Å². The lowest BCUT2D eigenvalue weighted by Gasteiger charge is -1.98. The molecule has 2 rings (SSSR count). The molecule has 0 saturated carbocycles. The fourth-order valence-electron chi connectivity index (χ4n) is 1.59. The number of hydrogen-bond acceptors (Lipinski definition) is 5. The fourth-order valence-corrected chi connectivity index (χ4v) is 2.57. The zero-order valence-electron chi connectivity index (χ0n) is 10.3. The molecule has 0 saturated heterocycles. The van der Waals surface area contributed by atoms with Gasteiger partial charge in [0.05, 0.1) is 18.4 Å². The van der Waals surface area contributed by atoms with Gasteiger partial charge in [-0.2, -0.15) is 0 Å². The summed E-state index contributed by atoms with van der Waals surface area (Å²) in [5, 5.41) is 9.55. The van der Waals surface area contributed by atoms with Crippen molar-refractivity contribution in [2.24, 2.45) is 0 Å². The van der Waals surface area contributed by atoms with Crippen LogP contribution in [0.2, 0.25) is 0 Å². The van der Waals surface area contributed by atoms with Crippen LogP contribution in [-0.4, -0.2) is 29.1 Å². The quantitative estimate of drug-likeness (QED) is 0.873.